The van der Waals surface area contributed by atoms with Crippen molar-refractivity contribution in [1.82, 2.24) is 5.01 Å². The van der Waals surface area contributed by atoms with Gasteiger partial charge in [-0.25, -0.2) is 10.6 Å². The fourth-order valence-electron chi connectivity index (χ4n) is 0.763. The van der Waals surface area contributed by atoms with Gasteiger partial charge in [0, 0.05) is 12.6 Å². The van der Waals surface area contributed by atoms with Gasteiger partial charge in [0.25, 0.3) is 0 Å². The molecule has 1 aliphatic rings. The number of hydrogen-bond acceptors (Lipinski definition) is 4. The smallest absolute Gasteiger partial charge is 0.333 e. The minimum Gasteiger partial charge on any atom is -0.478 e. The van der Waals surface area contributed by atoms with Crippen LogP contribution in [0.5, 0.6) is 0 Å². The molecule has 10 heavy (non-hydrogen) atoms. The summed E-state index contributed by atoms with van der Waals surface area (Å²) in [6, 6.07) is 0. The van der Waals surface area contributed by atoms with E-state index in [1.807, 2.05) is 0 Å². The van der Waals surface area contributed by atoms with E-state index in [2.05, 4.69) is 0 Å². The largest absolute Gasteiger partial charge is 0.478 e. The highest BCUT2D eigenvalue weighted by atomic mass is 16.4. The van der Waals surface area contributed by atoms with Crippen molar-refractivity contribution in [3.8, 4) is 0 Å². The molecule has 0 radical (unpaired) electrons. The van der Waals surface area contributed by atoms with Crippen molar-refractivity contribution in [3.05, 3.63) is 11.8 Å². The molecule has 1 aliphatic heterocycles. The van der Waals surface area contributed by atoms with E-state index in [1.165, 1.54) is 6.20 Å². The summed E-state index contributed by atoms with van der Waals surface area (Å²) >= 11 is 0. The zero-order valence-corrected chi connectivity index (χ0v) is 5.19. The topological polar surface area (TPSA) is 86.8 Å². The number of nitrogens with two attached hydrogens (primary N) is 1. The molecule has 1 rings (SSSR count). The molecule has 0 aromatic rings. The molecule has 0 aromatic carbocycles. The van der Waals surface area contributed by atoms with Crippen molar-refractivity contribution in [2.45, 2.75) is 12.6 Å². The number of aliphatic hydroxyl groups is 1. The number of aliphatic hydroxyl groups excluding tert-OH is 1. The number of nitrogens with zero attached hydrogens (tertiary/aromatic N) is 1. The highest BCUT2D eigenvalue weighted by molar-refractivity contribution is 5.86. The van der Waals surface area contributed by atoms with Crippen molar-refractivity contribution in [2.24, 2.45) is 5.84 Å². The lowest BCUT2D eigenvalue weighted by atomic mass is 10.2. The average Bonchev–Trinajstić information content (AvgIpc) is 2.13. The number of carboxylic acid groups (broad SMARTS) is 1. The molecule has 1 unspecified atom stereocenters. The van der Waals surface area contributed by atoms with Crippen LogP contribution in [0, 0.1) is 0 Å². The molecule has 5 heteroatoms. The maximum absolute atomic E-state index is 10.2. The zero-order chi connectivity index (χ0) is 7.72. The molecule has 4 N–H and O–H groups in total. The maximum atomic E-state index is 10.2. The van der Waals surface area contributed by atoms with E-state index >= 15 is 0 Å². The summed E-state index contributed by atoms with van der Waals surface area (Å²) in [5.74, 6) is 4.11. The number of carboxylic acids is 1. The minimum absolute atomic E-state index is 0.0891. The van der Waals surface area contributed by atoms with Crippen molar-refractivity contribution >= 4 is 5.97 Å². The second-order valence-electron chi connectivity index (χ2n) is 2.09. The van der Waals surface area contributed by atoms with Gasteiger partial charge in [0.1, 0.15) is 6.23 Å². The fraction of sp³-hybridized carbons (Fsp3) is 0.400. The third kappa shape index (κ3) is 1.09. The molecular formula is C5H8N2O3. The van der Waals surface area contributed by atoms with Gasteiger partial charge in [0.05, 0.1) is 5.57 Å². The highest BCUT2D eigenvalue weighted by Gasteiger charge is 2.23. The molecule has 0 saturated carbocycles. The van der Waals surface area contributed by atoms with Crippen LogP contribution in [0.3, 0.4) is 0 Å². The van der Waals surface area contributed by atoms with Gasteiger partial charge in [0.15, 0.2) is 0 Å². The molecule has 0 aromatic heterocycles. The molecule has 0 saturated heterocycles. The van der Waals surface area contributed by atoms with Gasteiger partial charge in [-0.2, -0.15) is 0 Å². The van der Waals surface area contributed by atoms with E-state index in [1.54, 1.807) is 0 Å². The van der Waals surface area contributed by atoms with Crippen molar-refractivity contribution in [2.75, 3.05) is 0 Å². The summed E-state index contributed by atoms with van der Waals surface area (Å²) in [5, 5.41) is 18.3. The third-order valence-corrected chi connectivity index (χ3v) is 1.33. The van der Waals surface area contributed by atoms with Crippen LogP contribution < -0.4 is 5.84 Å². The van der Waals surface area contributed by atoms with Gasteiger partial charge in [0.2, 0.25) is 0 Å². The van der Waals surface area contributed by atoms with Crippen LogP contribution in [0.25, 0.3) is 0 Å². The molecule has 1 heterocycles. The molecule has 56 valence electrons. The second kappa shape index (κ2) is 2.28. The Morgan fingerprint density at radius 2 is 2.50 bits per heavy atom. The van der Waals surface area contributed by atoms with Crippen LogP contribution in [-0.2, 0) is 4.79 Å². The standard InChI is InChI=1S/C5H8N2O3/c6-7-2-3(5(9)10)1-4(7)8/h2,4,8H,1,6H2,(H,9,10). The first-order chi connectivity index (χ1) is 4.61. The van der Waals surface area contributed by atoms with Crippen molar-refractivity contribution < 1.29 is 15.0 Å². The lowest BCUT2D eigenvalue weighted by Crippen LogP contribution is -2.32. The monoisotopic (exact) mass is 144 g/mol. The third-order valence-electron chi connectivity index (χ3n) is 1.33. The lowest BCUT2D eigenvalue weighted by Gasteiger charge is -2.11. The summed E-state index contributed by atoms with van der Waals surface area (Å²) in [7, 11) is 0. The summed E-state index contributed by atoms with van der Waals surface area (Å²) in [4.78, 5) is 10.2. The van der Waals surface area contributed by atoms with E-state index in [0.29, 0.717) is 0 Å². The lowest BCUT2D eigenvalue weighted by molar-refractivity contribution is -0.132. The normalized spacial score (nSPS) is 24.8. The number of carbonyl (C=O) groups is 1. The van der Waals surface area contributed by atoms with Gasteiger partial charge >= 0.3 is 5.97 Å². The Balaban J connectivity index is 2.67. The fourth-order valence-corrected chi connectivity index (χ4v) is 0.763. The molecule has 0 amide bonds. The molecule has 1 atom stereocenters. The van der Waals surface area contributed by atoms with Crippen LogP contribution in [0.1, 0.15) is 6.42 Å². The first-order valence-electron chi connectivity index (χ1n) is 2.76. The number of hydrazine groups is 1. The predicted molar refractivity (Wildman–Crippen MR) is 32.4 cm³/mol. The van der Waals surface area contributed by atoms with Crippen LogP contribution >= 0.6 is 0 Å². The van der Waals surface area contributed by atoms with Gasteiger partial charge in [-0.15, -0.1) is 0 Å². The van der Waals surface area contributed by atoms with Gasteiger partial charge in [-0.05, 0) is 0 Å². The van der Waals surface area contributed by atoms with Crippen LogP contribution in [0.2, 0.25) is 0 Å². The Morgan fingerprint density at radius 3 is 2.70 bits per heavy atom. The number of rotatable bonds is 1. The van der Waals surface area contributed by atoms with E-state index in [0.717, 1.165) is 5.01 Å². The molecule has 0 aliphatic carbocycles. The van der Waals surface area contributed by atoms with E-state index < -0.39 is 12.2 Å². The quantitative estimate of drug-likeness (QED) is 0.404. The van der Waals surface area contributed by atoms with E-state index in [9.17, 15) is 4.79 Å². The second-order valence-corrected chi connectivity index (χ2v) is 2.09. The average molecular weight is 144 g/mol. The van der Waals surface area contributed by atoms with E-state index in [-0.39, 0.29) is 12.0 Å². The molecule has 5 nitrogen and oxygen atoms in total. The number of hydrogen-bond donors (Lipinski definition) is 3. The summed E-state index contributed by atoms with van der Waals surface area (Å²) < 4.78 is 0. The predicted octanol–water partition coefficient (Wildman–Crippen LogP) is -1.15. The van der Waals surface area contributed by atoms with Gasteiger partial charge in [-0.3, -0.25) is 5.01 Å². The minimum atomic E-state index is -1.04. The molecule has 0 spiro atoms. The Bertz CT molecular complexity index is 189. The van der Waals surface area contributed by atoms with Crippen LogP contribution in [0.15, 0.2) is 11.8 Å². The van der Waals surface area contributed by atoms with Gasteiger partial charge < -0.3 is 10.2 Å². The molecule has 0 bridgehead atoms. The van der Waals surface area contributed by atoms with Crippen LogP contribution in [0.4, 0.5) is 0 Å². The van der Waals surface area contributed by atoms with E-state index in [4.69, 9.17) is 16.1 Å². The molecule has 0 fully saturated rings. The highest BCUT2D eigenvalue weighted by Crippen LogP contribution is 2.15. The molecular weight excluding hydrogens is 136 g/mol. The first-order valence-corrected chi connectivity index (χ1v) is 2.76. The van der Waals surface area contributed by atoms with Crippen LogP contribution in [-0.4, -0.2) is 27.4 Å². The summed E-state index contributed by atoms with van der Waals surface area (Å²) in [5.41, 5.74) is 0.134. The Kier molecular flexibility index (Phi) is 1.60. The maximum Gasteiger partial charge on any atom is 0.333 e. The Morgan fingerprint density at radius 1 is 1.90 bits per heavy atom. The Hall–Kier alpha value is -1.07. The summed E-state index contributed by atoms with van der Waals surface area (Å²) in [6.45, 7) is 0. The van der Waals surface area contributed by atoms with Crippen molar-refractivity contribution in [3.63, 3.8) is 0 Å². The number of aliphatic carboxylic acids is 1. The van der Waals surface area contributed by atoms with Gasteiger partial charge in [-0.1, -0.05) is 0 Å². The Labute approximate surface area is 57.3 Å². The zero-order valence-electron chi connectivity index (χ0n) is 5.19. The summed E-state index contributed by atoms with van der Waals surface area (Å²) in [6.07, 6.45) is 0.421. The SMILES string of the molecule is NN1C=C(C(=O)O)CC1O. The van der Waals surface area contributed by atoms with Crippen molar-refractivity contribution in [1.29, 1.82) is 0 Å². The first kappa shape index (κ1) is 7.04.